The molecule has 3 heteroatoms. The normalized spacial score (nSPS) is 9.36. The zero-order valence-electron chi connectivity index (χ0n) is 6.59. The summed E-state index contributed by atoms with van der Waals surface area (Å²) in [7, 11) is 1.62. The summed E-state index contributed by atoms with van der Waals surface area (Å²) in [6.45, 7) is 1.92. The summed E-state index contributed by atoms with van der Waals surface area (Å²) in [6.07, 6.45) is 0. The summed E-state index contributed by atoms with van der Waals surface area (Å²) in [4.78, 5) is 0. The number of ether oxygens (including phenoxy) is 1. The third-order valence-electron chi connectivity index (χ3n) is 1.52. The molecule has 0 saturated carbocycles. The van der Waals surface area contributed by atoms with Gasteiger partial charge in [-0.25, -0.2) is 0 Å². The van der Waals surface area contributed by atoms with Gasteiger partial charge < -0.3 is 4.74 Å². The van der Waals surface area contributed by atoms with Crippen LogP contribution >= 0.6 is 0 Å². The second kappa shape index (κ2) is 3.25. The SMILES string of the molecule is COc1ccc(NO)cc1C. The highest BCUT2D eigenvalue weighted by Crippen LogP contribution is 2.20. The van der Waals surface area contributed by atoms with Crippen molar-refractivity contribution in [1.29, 1.82) is 0 Å². The van der Waals surface area contributed by atoms with Crippen LogP contribution in [0.2, 0.25) is 0 Å². The summed E-state index contributed by atoms with van der Waals surface area (Å²) in [5, 5.41) is 8.53. The van der Waals surface area contributed by atoms with E-state index in [1.165, 1.54) is 0 Å². The molecule has 0 atom stereocenters. The number of hydrogen-bond donors (Lipinski definition) is 2. The molecule has 0 bridgehead atoms. The maximum atomic E-state index is 8.53. The fourth-order valence-electron chi connectivity index (χ4n) is 0.948. The summed E-state index contributed by atoms with van der Waals surface area (Å²) in [5.74, 6) is 0.823. The molecule has 0 aliphatic rings. The number of methoxy groups -OCH3 is 1. The first-order chi connectivity index (χ1) is 5.27. The molecular formula is C8H11NO2. The molecular weight excluding hydrogens is 142 g/mol. The Kier molecular flexibility index (Phi) is 2.33. The van der Waals surface area contributed by atoms with Crippen LogP contribution in [-0.2, 0) is 0 Å². The first-order valence-corrected chi connectivity index (χ1v) is 3.32. The van der Waals surface area contributed by atoms with E-state index in [0.717, 1.165) is 11.3 Å². The zero-order chi connectivity index (χ0) is 8.27. The van der Waals surface area contributed by atoms with E-state index in [1.54, 1.807) is 25.3 Å². The second-order valence-corrected chi connectivity index (χ2v) is 2.30. The van der Waals surface area contributed by atoms with Gasteiger partial charge in [-0.1, -0.05) is 0 Å². The topological polar surface area (TPSA) is 41.5 Å². The predicted molar refractivity (Wildman–Crippen MR) is 43.1 cm³/mol. The Labute approximate surface area is 65.6 Å². The summed E-state index contributed by atoms with van der Waals surface area (Å²) >= 11 is 0. The van der Waals surface area contributed by atoms with Crippen LogP contribution in [0.3, 0.4) is 0 Å². The van der Waals surface area contributed by atoms with E-state index in [2.05, 4.69) is 5.48 Å². The highest BCUT2D eigenvalue weighted by atomic mass is 16.5. The molecule has 0 fully saturated rings. The standard InChI is InChI=1S/C8H11NO2/c1-6-5-7(9-10)3-4-8(6)11-2/h3-5,9-10H,1-2H3. The molecule has 0 unspecified atom stereocenters. The molecule has 0 amide bonds. The fraction of sp³-hybridized carbons (Fsp3) is 0.250. The molecule has 0 radical (unpaired) electrons. The molecule has 0 aliphatic heterocycles. The minimum atomic E-state index is 0.670. The lowest BCUT2D eigenvalue weighted by Gasteiger charge is -2.05. The van der Waals surface area contributed by atoms with Gasteiger partial charge in [-0.15, -0.1) is 0 Å². The Hall–Kier alpha value is -1.22. The number of rotatable bonds is 2. The van der Waals surface area contributed by atoms with Crippen LogP contribution < -0.4 is 10.2 Å². The van der Waals surface area contributed by atoms with Crippen LogP contribution in [0.25, 0.3) is 0 Å². The second-order valence-electron chi connectivity index (χ2n) is 2.30. The van der Waals surface area contributed by atoms with Crippen LogP contribution in [0.15, 0.2) is 18.2 Å². The van der Waals surface area contributed by atoms with Crippen LogP contribution in [0.5, 0.6) is 5.75 Å². The van der Waals surface area contributed by atoms with Gasteiger partial charge in [0.15, 0.2) is 0 Å². The molecule has 1 rings (SSSR count). The van der Waals surface area contributed by atoms with E-state index in [0.29, 0.717) is 5.69 Å². The lowest BCUT2D eigenvalue weighted by Crippen LogP contribution is -1.91. The van der Waals surface area contributed by atoms with Gasteiger partial charge in [0.2, 0.25) is 0 Å². The minimum Gasteiger partial charge on any atom is -0.496 e. The molecule has 2 N–H and O–H groups in total. The molecule has 0 aliphatic carbocycles. The van der Waals surface area contributed by atoms with Crippen molar-refractivity contribution in [2.75, 3.05) is 12.6 Å². The van der Waals surface area contributed by atoms with Crippen LogP contribution in [0, 0.1) is 6.92 Å². The number of benzene rings is 1. The van der Waals surface area contributed by atoms with Gasteiger partial charge in [-0.05, 0) is 30.7 Å². The molecule has 11 heavy (non-hydrogen) atoms. The van der Waals surface area contributed by atoms with Crippen molar-refractivity contribution in [3.8, 4) is 5.75 Å². The van der Waals surface area contributed by atoms with E-state index in [1.807, 2.05) is 6.92 Å². The third-order valence-corrected chi connectivity index (χ3v) is 1.52. The zero-order valence-corrected chi connectivity index (χ0v) is 6.59. The first-order valence-electron chi connectivity index (χ1n) is 3.32. The smallest absolute Gasteiger partial charge is 0.121 e. The molecule has 1 aromatic carbocycles. The first kappa shape index (κ1) is 7.88. The number of nitrogens with one attached hydrogen (secondary N) is 1. The quantitative estimate of drug-likeness (QED) is 0.636. The molecule has 0 saturated heterocycles. The maximum Gasteiger partial charge on any atom is 0.121 e. The van der Waals surface area contributed by atoms with Crippen LogP contribution in [-0.4, -0.2) is 12.3 Å². The van der Waals surface area contributed by atoms with E-state index in [9.17, 15) is 0 Å². The van der Waals surface area contributed by atoms with Crippen molar-refractivity contribution in [3.63, 3.8) is 0 Å². The summed E-state index contributed by atoms with van der Waals surface area (Å²) in [6, 6.07) is 5.35. The van der Waals surface area contributed by atoms with E-state index in [-0.39, 0.29) is 0 Å². The molecule has 3 nitrogen and oxygen atoms in total. The van der Waals surface area contributed by atoms with Crippen molar-refractivity contribution in [2.24, 2.45) is 0 Å². The van der Waals surface area contributed by atoms with E-state index in [4.69, 9.17) is 9.94 Å². The van der Waals surface area contributed by atoms with Gasteiger partial charge in [-0.3, -0.25) is 10.7 Å². The Morgan fingerprint density at radius 1 is 1.45 bits per heavy atom. The summed E-state index contributed by atoms with van der Waals surface area (Å²) < 4.78 is 5.04. The van der Waals surface area contributed by atoms with Crippen molar-refractivity contribution >= 4 is 5.69 Å². The van der Waals surface area contributed by atoms with Gasteiger partial charge in [0.05, 0.1) is 12.8 Å². The van der Waals surface area contributed by atoms with Crippen molar-refractivity contribution in [1.82, 2.24) is 0 Å². The Balaban J connectivity index is 2.99. The van der Waals surface area contributed by atoms with E-state index < -0.39 is 0 Å². The molecule has 1 aromatic rings. The average Bonchev–Trinajstić information content (AvgIpc) is 2.04. The van der Waals surface area contributed by atoms with Crippen molar-refractivity contribution in [3.05, 3.63) is 23.8 Å². The van der Waals surface area contributed by atoms with Gasteiger partial charge in [0.25, 0.3) is 0 Å². The van der Waals surface area contributed by atoms with Gasteiger partial charge in [0, 0.05) is 0 Å². The highest BCUT2D eigenvalue weighted by Gasteiger charge is 1.97. The average molecular weight is 153 g/mol. The largest absolute Gasteiger partial charge is 0.496 e. The molecule has 0 aromatic heterocycles. The Bertz CT molecular complexity index is 248. The predicted octanol–water partition coefficient (Wildman–Crippen LogP) is 1.80. The molecule has 0 heterocycles. The van der Waals surface area contributed by atoms with E-state index >= 15 is 0 Å². The molecule has 0 spiro atoms. The minimum absolute atomic E-state index is 0.670. The number of hydrogen-bond acceptors (Lipinski definition) is 3. The Morgan fingerprint density at radius 2 is 2.18 bits per heavy atom. The van der Waals surface area contributed by atoms with Gasteiger partial charge >= 0.3 is 0 Å². The summed E-state index contributed by atoms with van der Waals surface area (Å²) in [5.41, 5.74) is 3.73. The fourth-order valence-corrected chi connectivity index (χ4v) is 0.948. The van der Waals surface area contributed by atoms with Gasteiger partial charge in [0.1, 0.15) is 5.75 Å². The molecule has 60 valence electrons. The Morgan fingerprint density at radius 3 is 2.64 bits per heavy atom. The lowest BCUT2D eigenvalue weighted by molar-refractivity contribution is 0.388. The number of anilines is 1. The van der Waals surface area contributed by atoms with Crippen molar-refractivity contribution < 1.29 is 9.94 Å². The highest BCUT2D eigenvalue weighted by molar-refractivity contribution is 5.49. The number of aryl methyl sites for hydroxylation is 1. The van der Waals surface area contributed by atoms with Gasteiger partial charge in [-0.2, -0.15) is 0 Å². The van der Waals surface area contributed by atoms with Crippen LogP contribution in [0.4, 0.5) is 5.69 Å². The lowest BCUT2D eigenvalue weighted by atomic mass is 10.2. The third kappa shape index (κ3) is 1.62. The van der Waals surface area contributed by atoms with Crippen LogP contribution in [0.1, 0.15) is 5.56 Å². The monoisotopic (exact) mass is 153 g/mol. The maximum absolute atomic E-state index is 8.53. The van der Waals surface area contributed by atoms with Crippen molar-refractivity contribution in [2.45, 2.75) is 6.92 Å².